The van der Waals surface area contributed by atoms with Crippen molar-refractivity contribution in [1.29, 1.82) is 0 Å². The molecule has 0 saturated carbocycles. The van der Waals surface area contributed by atoms with Gasteiger partial charge >= 0.3 is 0 Å². The maximum atomic E-state index is 13.2. The van der Waals surface area contributed by atoms with Crippen LogP contribution >= 0.6 is 23.2 Å². The first-order chi connectivity index (χ1) is 10.9. The number of hydrogen-bond acceptors (Lipinski definition) is 3. The normalized spacial score (nSPS) is 13.4. The number of halogens is 3. The minimum Gasteiger partial charge on any atom is -0.292 e. The van der Waals surface area contributed by atoms with E-state index in [2.05, 4.69) is 0 Å². The summed E-state index contributed by atoms with van der Waals surface area (Å²) in [5.41, 5.74) is 0.269. The number of benzene rings is 2. The van der Waals surface area contributed by atoms with Crippen LogP contribution in [0.3, 0.4) is 0 Å². The highest BCUT2D eigenvalue weighted by Gasteiger charge is 2.37. The number of rotatable bonds is 3. The minimum atomic E-state index is -0.631. The summed E-state index contributed by atoms with van der Waals surface area (Å²) >= 11 is 11.7. The molecule has 3 rings (SSSR count). The van der Waals surface area contributed by atoms with Crippen molar-refractivity contribution in [1.82, 2.24) is 4.90 Å². The van der Waals surface area contributed by atoms with Crippen LogP contribution in [0.1, 0.15) is 31.1 Å². The van der Waals surface area contributed by atoms with E-state index in [0.717, 1.165) is 11.0 Å². The Hall–Kier alpha value is -2.24. The number of carbonyl (C=O) groups is 3. The lowest BCUT2D eigenvalue weighted by Crippen LogP contribution is -2.34. The third-order valence-corrected chi connectivity index (χ3v) is 4.18. The molecule has 0 spiro atoms. The largest absolute Gasteiger partial charge is 0.292 e. The molecule has 0 N–H and O–H groups in total. The molecule has 0 atom stereocenters. The molecule has 4 nitrogen and oxygen atoms in total. The van der Waals surface area contributed by atoms with Gasteiger partial charge in [0.15, 0.2) is 5.78 Å². The van der Waals surface area contributed by atoms with Gasteiger partial charge in [-0.3, -0.25) is 19.3 Å². The van der Waals surface area contributed by atoms with Gasteiger partial charge < -0.3 is 0 Å². The van der Waals surface area contributed by atoms with E-state index in [1.54, 1.807) is 0 Å². The third-order valence-electron chi connectivity index (χ3n) is 3.46. The van der Waals surface area contributed by atoms with E-state index in [1.165, 1.54) is 30.3 Å². The van der Waals surface area contributed by atoms with Crippen molar-refractivity contribution in [3.63, 3.8) is 0 Å². The monoisotopic (exact) mass is 351 g/mol. The fraction of sp³-hybridized carbons (Fsp3) is 0.0625. The number of fused-ring (bicyclic) bond motifs is 1. The smallest absolute Gasteiger partial charge is 0.262 e. The van der Waals surface area contributed by atoms with Crippen LogP contribution in [0.25, 0.3) is 0 Å². The number of hydrogen-bond donors (Lipinski definition) is 0. The second-order valence-corrected chi connectivity index (χ2v) is 5.76. The molecular weight excluding hydrogens is 344 g/mol. The van der Waals surface area contributed by atoms with Crippen molar-refractivity contribution in [2.45, 2.75) is 0 Å². The number of carbonyl (C=O) groups excluding carboxylic acids is 3. The van der Waals surface area contributed by atoms with Crippen LogP contribution in [0.15, 0.2) is 36.4 Å². The van der Waals surface area contributed by atoms with Crippen LogP contribution in [0.4, 0.5) is 4.39 Å². The first kappa shape index (κ1) is 15.6. The van der Waals surface area contributed by atoms with Gasteiger partial charge in [0.05, 0.1) is 27.7 Å². The molecule has 1 aliphatic rings. The van der Waals surface area contributed by atoms with E-state index in [4.69, 9.17) is 23.2 Å². The zero-order valence-corrected chi connectivity index (χ0v) is 13.0. The van der Waals surface area contributed by atoms with E-state index >= 15 is 0 Å². The fourth-order valence-corrected chi connectivity index (χ4v) is 2.65. The molecule has 0 unspecified atom stereocenters. The van der Waals surface area contributed by atoms with Gasteiger partial charge in [0.1, 0.15) is 5.82 Å². The molecule has 0 bridgehead atoms. The predicted molar refractivity (Wildman–Crippen MR) is 82.6 cm³/mol. The highest BCUT2D eigenvalue weighted by molar-refractivity contribution is 6.43. The lowest BCUT2D eigenvalue weighted by molar-refractivity contribution is 0.0624. The molecule has 0 aromatic heterocycles. The quantitative estimate of drug-likeness (QED) is 0.626. The predicted octanol–water partition coefficient (Wildman–Crippen LogP) is 3.61. The first-order valence-corrected chi connectivity index (χ1v) is 7.28. The molecule has 1 aliphatic heterocycles. The summed E-state index contributed by atoms with van der Waals surface area (Å²) in [6.07, 6.45) is 0. The fourth-order valence-electron chi connectivity index (χ4n) is 2.32. The Labute approximate surface area is 140 Å². The molecule has 2 aromatic rings. The summed E-state index contributed by atoms with van der Waals surface area (Å²) in [6, 6.07) is 7.64. The van der Waals surface area contributed by atoms with Gasteiger partial charge in [0.2, 0.25) is 0 Å². The van der Waals surface area contributed by atoms with Gasteiger partial charge in [0.25, 0.3) is 11.8 Å². The standard InChI is InChI=1S/C16H8Cl2FNO3/c17-12-5-10-11(6-13(12)18)16(23)20(15(10)22)7-14(21)8-2-1-3-9(19)4-8/h1-6H,7H2. The molecule has 2 amide bonds. The van der Waals surface area contributed by atoms with Crippen LogP contribution in [-0.4, -0.2) is 29.0 Å². The second kappa shape index (κ2) is 5.76. The lowest BCUT2D eigenvalue weighted by Gasteiger charge is -2.12. The summed E-state index contributed by atoms with van der Waals surface area (Å²) in [5, 5.41) is 0.287. The summed E-state index contributed by atoms with van der Waals surface area (Å²) < 4.78 is 13.2. The zero-order chi connectivity index (χ0) is 16.7. The van der Waals surface area contributed by atoms with Crippen molar-refractivity contribution < 1.29 is 18.8 Å². The van der Waals surface area contributed by atoms with Crippen molar-refractivity contribution in [3.05, 3.63) is 69.0 Å². The SMILES string of the molecule is O=C(CN1C(=O)c2cc(Cl)c(Cl)cc2C1=O)c1cccc(F)c1. The second-order valence-electron chi connectivity index (χ2n) is 4.94. The van der Waals surface area contributed by atoms with Crippen molar-refractivity contribution in [2.24, 2.45) is 0 Å². The van der Waals surface area contributed by atoms with Gasteiger partial charge in [-0.2, -0.15) is 0 Å². The molecule has 2 aromatic carbocycles. The number of nitrogens with zero attached hydrogens (tertiary/aromatic N) is 1. The number of ketones is 1. The number of Topliss-reactive ketones (excluding diaryl/α,β-unsaturated/α-hetero) is 1. The Balaban J connectivity index is 1.89. The summed E-state index contributed by atoms with van der Waals surface area (Å²) in [6.45, 7) is -0.481. The van der Waals surface area contributed by atoms with Crippen LogP contribution in [0.2, 0.25) is 10.0 Å². The van der Waals surface area contributed by atoms with Crippen molar-refractivity contribution in [2.75, 3.05) is 6.54 Å². The maximum absolute atomic E-state index is 13.2. The molecule has 1 heterocycles. The highest BCUT2D eigenvalue weighted by Crippen LogP contribution is 2.31. The summed E-state index contributed by atoms with van der Waals surface area (Å²) in [7, 11) is 0. The molecule has 23 heavy (non-hydrogen) atoms. The van der Waals surface area contributed by atoms with Crippen molar-refractivity contribution >= 4 is 40.8 Å². The minimum absolute atomic E-state index is 0.0811. The molecule has 0 fully saturated rings. The van der Waals surface area contributed by atoms with Gasteiger partial charge in [-0.15, -0.1) is 0 Å². The summed E-state index contributed by atoms with van der Waals surface area (Å²) in [4.78, 5) is 37.5. The Morgan fingerprint density at radius 1 is 1.00 bits per heavy atom. The van der Waals surface area contributed by atoms with E-state index < -0.39 is 30.0 Å². The Bertz CT molecular complexity index is 825. The van der Waals surface area contributed by atoms with Crippen LogP contribution in [0.5, 0.6) is 0 Å². The number of imide groups is 1. The Morgan fingerprint density at radius 3 is 2.09 bits per heavy atom. The van der Waals surface area contributed by atoms with Crippen molar-refractivity contribution in [3.8, 4) is 0 Å². The maximum Gasteiger partial charge on any atom is 0.262 e. The van der Waals surface area contributed by atoms with Crippen LogP contribution < -0.4 is 0 Å². The molecule has 0 radical (unpaired) electrons. The van der Waals surface area contributed by atoms with E-state index in [9.17, 15) is 18.8 Å². The Morgan fingerprint density at radius 2 is 1.57 bits per heavy atom. The van der Waals surface area contributed by atoms with Gasteiger partial charge in [-0.25, -0.2) is 4.39 Å². The first-order valence-electron chi connectivity index (χ1n) is 6.52. The summed E-state index contributed by atoms with van der Waals surface area (Å²) in [5.74, 6) is -2.38. The molecule has 0 saturated heterocycles. The average molecular weight is 352 g/mol. The van der Waals surface area contributed by atoms with E-state index in [1.807, 2.05) is 0 Å². The van der Waals surface area contributed by atoms with Crippen LogP contribution in [-0.2, 0) is 0 Å². The van der Waals surface area contributed by atoms with Gasteiger partial charge in [0, 0.05) is 5.56 Å². The molecular formula is C16H8Cl2FNO3. The lowest BCUT2D eigenvalue weighted by atomic mass is 10.1. The van der Waals surface area contributed by atoms with Crippen LogP contribution in [0, 0.1) is 5.82 Å². The topological polar surface area (TPSA) is 54.5 Å². The van der Waals surface area contributed by atoms with E-state index in [-0.39, 0.29) is 26.7 Å². The average Bonchev–Trinajstić information content (AvgIpc) is 2.73. The highest BCUT2D eigenvalue weighted by atomic mass is 35.5. The van der Waals surface area contributed by atoms with Gasteiger partial charge in [-0.05, 0) is 24.3 Å². The number of amides is 2. The molecule has 116 valence electrons. The molecule has 0 aliphatic carbocycles. The Kier molecular flexibility index (Phi) is 3.92. The zero-order valence-electron chi connectivity index (χ0n) is 11.5. The third kappa shape index (κ3) is 2.73. The van der Waals surface area contributed by atoms with Gasteiger partial charge in [-0.1, -0.05) is 35.3 Å². The van der Waals surface area contributed by atoms with E-state index in [0.29, 0.717) is 0 Å². The molecule has 7 heteroatoms.